The maximum atomic E-state index is 7.99. The molecule has 1 aliphatic carbocycles. The number of rotatable bonds is 4. The van der Waals surface area contributed by atoms with Crippen LogP contribution in [0, 0.1) is 12.8 Å². The highest BCUT2D eigenvalue weighted by Crippen LogP contribution is 2.41. The van der Waals surface area contributed by atoms with Gasteiger partial charge < -0.3 is 4.55 Å². The van der Waals surface area contributed by atoms with Crippen molar-refractivity contribution < 1.29 is 4.55 Å². The molecule has 1 atom stereocenters. The monoisotopic (exact) mass is 485 g/mol. The quantitative estimate of drug-likeness (QED) is 0.202. The predicted molar refractivity (Wildman–Crippen MR) is 151 cm³/mol. The summed E-state index contributed by atoms with van der Waals surface area (Å²) in [6, 6.07) is 15.0. The van der Waals surface area contributed by atoms with Crippen molar-refractivity contribution in [2.75, 3.05) is 14.1 Å². The molecule has 2 aromatic carbocycles. The molecule has 0 aliphatic heterocycles. The summed E-state index contributed by atoms with van der Waals surface area (Å²) in [5.74, 6) is 0.363. The van der Waals surface area contributed by atoms with Crippen LogP contribution in [-0.2, 0) is 6.42 Å². The molecule has 4 heteroatoms. The minimum atomic E-state index is 0.363. The zero-order valence-electron chi connectivity index (χ0n) is 21.2. The molecule has 0 radical (unpaired) electrons. The van der Waals surface area contributed by atoms with Crippen LogP contribution in [0.2, 0.25) is 5.02 Å². The first-order valence-corrected chi connectivity index (χ1v) is 12.8. The highest BCUT2D eigenvalue weighted by molar-refractivity contribution is 7.91. The lowest BCUT2D eigenvalue weighted by Gasteiger charge is -2.19. The number of hydrogen-bond acceptors (Lipinski definition) is 3. The van der Waals surface area contributed by atoms with E-state index >= 15 is 0 Å². The Labute approximate surface area is 211 Å². The highest BCUT2D eigenvalue weighted by Gasteiger charge is 2.24. The minimum Gasteiger partial charge on any atom is -0.317 e. The van der Waals surface area contributed by atoms with E-state index in [2.05, 4.69) is 81.5 Å². The van der Waals surface area contributed by atoms with Gasteiger partial charge in [0.25, 0.3) is 0 Å². The first-order chi connectivity index (χ1) is 15.9. The molecule has 1 N–H and O–H groups in total. The number of nitrogens with zero attached hydrogens (tertiary/aromatic N) is 1. The maximum absolute atomic E-state index is 7.99. The van der Waals surface area contributed by atoms with Crippen molar-refractivity contribution in [3.8, 4) is 0 Å². The van der Waals surface area contributed by atoms with Gasteiger partial charge in [0.2, 0.25) is 0 Å². The van der Waals surface area contributed by atoms with Gasteiger partial charge in [0.15, 0.2) is 0 Å². The van der Waals surface area contributed by atoms with Gasteiger partial charge in [-0.1, -0.05) is 104 Å². The van der Waals surface area contributed by atoms with Gasteiger partial charge in [0, 0.05) is 16.5 Å². The summed E-state index contributed by atoms with van der Waals surface area (Å²) in [4.78, 5) is 0. The van der Waals surface area contributed by atoms with Gasteiger partial charge >= 0.3 is 0 Å². The van der Waals surface area contributed by atoms with E-state index in [4.69, 9.17) is 16.2 Å². The third kappa shape index (κ3) is 9.54. The first kappa shape index (κ1) is 29.3. The molecule has 0 aromatic heterocycles. The van der Waals surface area contributed by atoms with Crippen molar-refractivity contribution in [1.29, 1.82) is 0 Å². The van der Waals surface area contributed by atoms with Crippen molar-refractivity contribution in [2.24, 2.45) is 5.92 Å². The van der Waals surface area contributed by atoms with Gasteiger partial charge in [0.1, 0.15) is 0 Å². The molecule has 0 fully saturated rings. The van der Waals surface area contributed by atoms with Gasteiger partial charge in [-0.2, -0.15) is 0 Å². The second kappa shape index (κ2) is 16.0. The molecule has 180 valence electrons. The third-order valence-electron chi connectivity index (χ3n) is 5.37. The molecule has 1 unspecified atom stereocenters. The van der Waals surface area contributed by atoms with E-state index in [-0.39, 0.29) is 0 Å². The Morgan fingerprint density at radius 2 is 1.79 bits per heavy atom. The predicted octanol–water partition coefficient (Wildman–Crippen LogP) is 9.36. The van der Waals surface area contributed by atoms with Crippen LogP contribution in [-0.4, -0.2) is 23.0 Å². The van der Waals surface area contributed by atoms with Crippen LogP contribution >= 0.6 is 23.8 Å². The van der Waals surface area contributed by atoms with Crippen LogP contribution in [0.3, 0.4) is 0 Å². The van der Waals surface area contributed by atoms with Crippen LogP contribution in [0.15, 0.2) is 66.3 Å². The van der Waals surface area contributed by atoms with Crippen LogP contribution in [0.25, 0.3) is 11.6 Å². The molecule has 1 aliphatic rings. The number of aryl methyl sites for hydroxylation is 2. The normalized spacial score (nSPS) is 17.8. The van der Waals surface area contributed by atoms with Crippen molar-refractivity contribution in [3.05, 3.63) is 93.5 Å². The van der Waals surface area contributed by atoms with Crippen LogP contribution in [0.5, 0.6) is 0 Å². The van der Waals surface area contributed by atoms with E-state index in [1.165, 1.54) is 33.4 Å². The Kier molecular flexibility index (Phi) is 14.1. The van der Waals surface area contributed by atoms with Gasteiger partial charge in [0.05, 0.1) is 12.2 Å². The Hall–Kier alpha value is -1.78. The summed E-state index contributed by atoms with van der Waals surface area (Å²) in [6.45, 7) is 10.5. The first-order valence-electron chi connectivity index (χ1n) is 11.7. The lowest BCUT2D eigenvalue weighted by molar-refractivity contribution is 0.579. The van der Waals surface area contributed by atoms with Crippen molar-refractivity contribution in [2.45, 2.75) is 53.9 Å². The molecule has 0 heterocycles. The molecule has 0 bridgehead atoms. The summed E-state index contributed by atoms with van der Waals surface area (Å²) in [5.41, 5.74) is 7.96. The van der Waals surface area contributed by atoms with Crippen LogP contribution in [0.4, 0.5) is 0 Å². The van der Waals surface area contributed by atoms with E-state index in [9.17, 15) is 0 Å². The molecule has 3 rings (SSSR count). The van der Waals surface area contributed by atoms with E-state index in [0.29, 0.717) is 18.1 Å². The fourth-order valence-electron chi connectivity index (χ4n) is 3.78. The van der Waals surface area contributed by atoms with Gasteiger partial charge in [-0.05, 0) is 70.0 Å². The summed E-state index contributed by atoms with van der Waals surface area (Å²) >= 11 is 7.39. The SMILES string of the molecule is C/C=C\C/C=C1/CCc2cccc(Cl)c2/C(=C/c2cccc(C)c2)C1C.CC.CN(C)SO. The smallest absolute Gasteiger partial charge is 0.0784 e. The fourth-order valence-corrected chi connectivity index (χ4v) is 4.09. The molecule has 2 nitrogen and oxygen atoms in total. The van der Waals surface area contributed by atoms with E-state index in [0.717, 1.165) is 24.3 Å². The number of hydrogen-bond donors (Lipinski definition) is 1. The van der Waals surface area contributed by atoms with Gasteiger partial charge in [-0.15, -0.1) is 0 Å². The van der Waals surface area contributed by atoms with E-state index in [1.807, 2.05) is 19.9 Å². The fraction of sp³-hybridized carbons (Fsp3) is 0.379. The molecule has 33 heavy (non-hydrogen) atoms. The number of fused-ring (bicyclic) bond motifs is 1. The number of halogens is 1. The molecule has 2 aromatic rings. The Morgan fingerprint density at radius 3 is 2.39 bits per heavy atom. The molecular formula is C29H40ClNOS. The van der Waals surface area contributed by atoms with E-state index in [1.54, 1.807) is 18.4 Å². The Morgan fingerprint density at radius 1 is 1.12 bits per heavy atom. The third-order valence-corrected chi connectivity index (χ3v) is 6.02. The molecule has 0 amide bonds. The molecule has 0 saturated carbocycles. The van der Waals surface area contributed by atoms with Crippen molar-refractivity contribution >= 4 is 35.5 Å². The van der Waals surface area contributed by atoms with Crippen LogP contribution < -0.4 is 0 Å². The second-order valence-electron chi connectivity index (χ2n) is 7.99. The average Bonchev–Trinajstić information content (AvgIpc) is 2.94. The minimum absolute atomic E-state index is 0.363. The highest BCUT2D eigenvalue weighted by atomic mass is 35.5. The average molecular weight is 486 g/mol. The zero-order valence-corrected chi connectivity index (χ0v) is 22.8. The molecular weight excluding hydrogens is 446 g/mol. The summed E-state index contributed by atoms with van der Waals surface area (Å²) in [7, 11) is 3.54. The maximum Gasteiger partial charge on any atom is 0.0784 e. The van der Waals surface area contributed by atoms with E-state index < -0.39 is 0 Å². The number of allylic oxidation sites excluding steroid dienone is 5. The summed E-state index contributed by atoms with van der Waals surface area (Å²) in [5, 5.41) is 0.864. The van der Waals surface area contributed by atoms with Gasteiger partial charge in [-0.25, -0.2) is 4.31 Å². The Bertz CT molecular complexity index is 946. The lowest BCUT2D eigenvalue weighted by Crippen LogP contribution is -2.02. The summed E-state index contributed by atoms with van der Waals surface area (Å²) in [6.07, 6.45) is 12.2. The van der Waals surface area contributed by atoms with Crippen molar-refractivity contribution in [1.82, 2.24) is 4.31 Å². The Balaban J connectivity index is 0.000000689. The topological polar surface area (TPSA) is 23.5 Å². The summed E-state index contributed by atoms with van der Waals surface area (Å²) < 4.78 is 9.58. The molecule has 0 spiro atoms. The standard InChI is InChI=1S/C25H27Cl.C2H7NOS.C2H6/c1-4-5-6-11-21-14-15-22-12-8-13-24(26)25(22)23(19(21)3)17-20-10-7-9-18(2)16-20;1-3(2)5-4;1-2/h4-5,7-13,16-17,19H,6,14-15H2,1-3H3;4H,1-2H3;1-2H3/b5-4-,21-11-,23-17+;;. The van der Waals surface area contributed by atoms with Crippen LogP contribution in [0.1, 0.15) is 62.8 Å². The molecule has 0 saturated heterocycles. The largest absolute Gasteiger partial charge is 0.317 e. The zero-order chi connectivity index (χ0) is 24.8. The van der Waals surface area contributed by atoms with Gasteiger partial charge in [-0.3, -0.25) is 0 Å². The lowest BCUT2D eigenvalue weighted by atomic mass is 9.86. The second-order valence-corrected chi connectivity index (χ2v) is 9.29. The van der Waals surface area contributed by atoms with Crippen molar-refractivity contribution in [3.63, 3.8) is 0 Å². The number of benzene rings is 2.